The van der Waals surface area contributed by atoms with Crippen molar-refractivity contribution in [3.05, 3.63) is 30.1 Å². The molecule has 0 spiro atoms. The van der Waals surface area contributed by atoms with Crippen LogP contribution in [-0.2, 0) is 6.42 Å². The van der Waals surface area contributed by atoms with Crippen LogP contribution in [0.4, 0.5) is 0 Å². The number of aliphatic hydroxyl groups excluding tert-OH is 1. The molecule has 1 aromatic heterocycles. The zero-order valence-electron chi connectivity index (χ0n) is 8.39. The first kappa shape index (κ1) is 9.66. The Morgan fingerprint density at radius 3 is 3.00 bits per heavy atom. The van der Waals surface area contributed by atoms with Gasteiger partial charge in [0.05, 0.1) is 6.10 Å². The summed E-state index contributed by atoms with van der Waals surface area (Å²) in [5.74, 6) is 0.615. The van der Waals surface area contributed by atoms with Gasteiger partial charge in [0.1, 0.15) is 0 Å². The van der Waals surface area contributed by atoms with Crippen molar-refractivity contribution in [2.75, 3.05) is 0 Å². The molecule has 2 rings (SSSR count). The molecule has 0 amide bonds. The standard InChI is InChI=1S/C12H17NO/c14-12(11-6-7-11)5-1-3-10-4-2-8-13-9-10/h2,4,8-9,11-12,14H,1,3,5-7H2. The maximum atomic E-state index is 9.65. The van der Waals surface area contributed by atoms with Crippen molar-refractivity contribution in [3.63, 3.8) is 0 Å². The molecule has 2 heteroatoms. The molecule has 1 N–H and O–H groups in total. The molecule has 0 aliphatic heterocycles. The summed E-state index contributed by atoms with van der Waals surface area (Å²) >= 11 is 0. The second kappa shape index (κ2) is 4.56. The zero-order valence-corrected chi connectivity index (χ0v) is 8.39. The van der Waals surface area contributed by atoms with E-state index in [-0.39, 0.29) is 6.10 Å². The van der Waals surface area contributed by atoms with Crippen LogP contribution in [0.1, 0.15) is 31.2 Å². The number of hydrogen-bond acceptors (Lipinski definition) is 2. The van der Waals surface area contributed by atoms with Crippen molar-refractivity contribution < 1.29 is 5.11 Å². The van der Waals surface area contributed by atoms with Gasteiger partial charge in [-0.1, -0.05) is 6.07 Å². The molecule has 0 bridgehead atoms. The molecule has 1 aliphatic rings. The van der Waals surface area contributed by atoms with Gasteiger partial charge in [0.15, 0.2) is 0 Å². The lowest BCUT2D eigenvalue weighted by Crippen LogP contribution is -2.08. The van der Waals surface area contributed by atoms with Crippen molar-refractivity contribution in [3.8, 4) is 0 Å². The maximum Gasteiger partial charge on any atom is 0.0568 e. The molecule has 76 valence electrons. The Kier molecular flexibility index (Phi) is 3.14. The van der Waals surface area contributed by atoms with Gasteiger partial charge in [-0.25, -0.2) is 0 Å². The lowest BCUT2D eigenvalue weighted by Gasteiger charge is -2.07. The number of nitrogens with zero attached hydrogens (tertiary/aromatic N) is 1. The van der Waals surface area contributed by atoms with Gasteiger partial charge in [0.2, 0.25) is 0 Å². The molecule has 1 aliphatic carbocycles. The van der Waals surface area contributed by atoms with Crippen LogP contribution in [0.15, 0.2) is 24.5 Å². The summed E-state index contributed by atoms with van der Waals surface area (Å²) in [6.45, 7) is 0. The van der Waals surface area contributed by atoms with Gasteiger partial charge < -0.3 is 5.11 Å². The summed E-state index contributed by atoms with van der Waals surface area (Å²) in [6, 6.07) is 4.06. The Morgan fingerprint density at radius 2 is 2.36 bits per heavy atom. The summed E-state index contributed by atoms with van der Waals surface area (Å²) < 4.78 is 0. The average molecular weight is 191 g/mol. The number of rotatable bonds is 5. The van der Waals surface area contributed by atoms with Gasteiger partial charge in [0, 0.05) is 12.4 Å². The van der Waals surface area contributed by atoms with Crippen LogP contribution in [0, 0.1) is 5.92 Å². The Morgan fingerprint density at radius 1 is 1.50 bits per heavy atom. The number of aromatic nitrogens is 1. The fraction of sp³-hybridized carbons (Fsp3) is 0.583. The molecule has 0 aromatic carbocycles. The molecule has 1 heterocycles. The highest BCUT2D eigenvalue weighted by atomic mass is 16.3. The third-order valence-corrected chi connectivity index (χ3v) is 2.85. The Bertz CT molecular complexity index is 269. The fourth-order valence-corrected chi connectivity index (χ4v) is 1.78. The zero-order chi connectivity index (χ0) is 9.80. The van der Waals surface area contributed by atoms with Gasteiger partial charge in [-0.05, 0) is 49.7 Å². The van der Waals surface area contributed by atoms with Crippen LogP contribution in [0.3, 0.4) is 0 Å². The van der Waals surface area contributed by atoms with Crippen LogP contribution >= 0.6 is 0 Å². The third-order valence-electron chi connectivity index (χ3n) is 2.85. The van der Waals surface area contributed by atoms with E-state index in [4.69, 9.17) is 0 Å². The molecule has 1 fully saturated rings. The van der Waals surface area contributed by atoms with Crippen LogP contribution < -0.4 is 0 Å². The Labute approximate surface area is 85.0 Å². The maximum absolute atomic E-state index is 9.65. The van der Waals surface area contributed by atoms with Gasteiger partial charge in [0.25, 0.3) is 0 Å². The van der Waals surface area contributed by atoms with E-state index in [0.717, 1.165) is 19.3 Å². The van der Waals surface area contributed by atoms with Crippen LogP contribution in [0.2, 0.25) is 0 Å². The normalized spacial score (nSPS) is 18.1. The van der Waals surface area contributed by atoms with E-state index in [9.17, 15) is 5.11 Å². The summed E-state index contributed by atoms with van der Waals surface area (Å²) in [7, 11) is 0. The quantitative estimate of drug-likeness (QED) is 0.773. The van der Waals surface area contributed by atoms with Crippen molar-refractivity contribution in [1.29, 1.82) is 0 Å². The van der Waals surface area contributed by atoms with Crippen LogP contribution in [0.5, 0.6) is 0 Å². The summed E-state index contributed by atoms with van der Waals surface area (Å²) in [5, 5.41) is 9.65. The largest absolute Gasteiger partial charge is 0.393 e. The minimum atomic E-state index is -0.0494. The fourth-order valence-electron chi connectivity index (χ4n) is 1.78. The van der Waals surface area contributed by atoms with Crippen LogP contribution in [0.25, 0.3) is 0 Å². The van der Waals surface area contributed by atoms with Gasteiger partial charge >= 0.3 is 0 Å². The van der Waals surface area contributed by atoms with Gasteiger partial charge in [-0.15, -0.1) is 0 Å². The summed E-state index contributed by atoms with van der Waals surface area (Å²) in [5.41, 5.74) is 1.27. The molecule has 0 radical (unpaired) electrons. The highest BCUT2D eigenvalue weighted by Gasteiger charge is 2.28. The first-order chi connectivity index (χ1) is 6.86. The average Bonchev–Trinajstić information content (AvgIpc) is 3.02. The predicted molar refractivity (Wildman–Crippen MR) is 55.9 cm³/mol. The minimum Gasteiger partial charge on any atom is -0.393 e. The van der Waals surface area contributed by atoms with Crippen molar-refractivity contribution >= 4 is 0 Å². The number of aryl methyl sites for hydroxylation is 1. The summed E-state index contributed by atoms with van der Waals surface area (Å²) in [6.07, 6.45) is 9.17. The number of aliphatic hydroxyl groups is 1. The van der Waals surface area contributed by atoms with Crippen molar-refractivity contribution in [1.82, 2.24) is 4.98 Å². The topological polar surface area (TPSA) is 33.1 Å². The van der Waals surface area contributed by atoms with E-state index >= 15 is 0 Å². The van der Waals surface area contributed by atoms with E-state index in [1.54, 1.807) is 6.20 Å². The SMILES string of the molecule is OC(CCCc1cccnc1)C1CC1. The highest BCUT2D eigenvalue weighted by molar-refractivity contribution is 5.08. The first-order valence-electron chi connectivity index (χ1n) is 5.43. The molecule has 1 aromatic rings. The molecule has 14 heavy (non-hydrogen) atoms. The van der Waals surface area contributed by atoms with E-state index in [0.29, 0.717) is 5.92 Å². The molecule has 1 unspecified atom stereocenters. The van der Waals surface area contributed by atoms with Crippen molar-refractivity contribution in [2.24, 2.45) is 5.92 Å². The Balaban J connectivity index is 1.67. The molecule has 1 saturated carbocycles. The van der Waals surface area contributed by atoms with Crippen LogP contribution in [-0.4, -0.2) is 16.2 Å². The second-order valence-corrected chi connectivity index (χ2v) is 4.16. The second-order valence-electron chi connectivity index (χ2n) is 4.16. The predicted octanol–water partition coefficient (Wildman–Crippen LogP) is 2.18. The first-order valence-corrected chi connectivity index (χ1v) is 5.43. The lowest BCUT2D eigenvalue weighted by atomic mass is 10.1. The molecule has 1 atom stereocenters. The third kappa shape index (κ3) is 2.81. The molecular formula is C12H17NO. The lowest BCUT2D eigenvalue weighted by molar-refractivity contribution is 0.139. The summed E-state index contributed by atoms with van der Waals surface area (Å²) in [4.78, 5) is 4.07. The molecule has 2 nitrogen and oxygen atoms in total. The van der Waals surface area contributed by atoms with E-state index in [1.807, 2.05) is 12.3 Å². The van der Waals surface area contributed by atoms with Gasteiger partial charge in [-0.2, -0.15) is 0 Å². The highest BCUT2D eigenvalue weighted by Crippen LogP contribution is 2.34. The number of hydrogen-bond donors (Lipinski definition) is 1. The monoisotopic (exact) mass is 191 g/mol. The minimum absolute atomic E-state index is 0.0494. The van der Waals surface area contributed by atoms with E-state index in [2.05, 4.69) is 11.1 Å². The smallest absolute Gasteiger partial charge is 0.0568 e. The number of pyridine rings is 1. The molecular weight excluding hydrogens is 174 g/mol. The van der Waals surface area contributed by atoms with E-state index < -0.39 is 0 Å². The Hall–Kier alpha value is -0.890. The molecule has 0 saturated heterocycles. The van der Waals surface area contributed by atoms with Gasteiger partial charge in [-0.3, -0.25) is 4.98 Å². The van der Waals surface area contributed by atoms with Crippen molar-refractivity contribution in [2.45, 2.75) is 38.2 Å². The van der Waals surface area contributed by atoms with E-state index in [1.165, 1.54) is 18.4 Å².